The predicted molar refractivity (Wildman–Crippen MR) is 150 cm³/mol. The van der Waals surface area contributed by atoms with E-state index in [1.165, 1.54) is 0 Å². The van der Waals surface area contributed by atoms with Crippen molar-refractivity contribution in [3.05, 3.63) is 71.2 Å². The molecule has 1 aliphatic carbocycles. The first-order valence-electron chi connectivity index (χ1n) is 12.6. The van der Waals surface area contributed by atoms with Gasteiger partial charge in [0.05, 0.1) is 17.6 Å². The summed E-state index contributed by atoms with van der Waals surface area (Å²) in [6, 6.07) is 21.1. The number of pyridine rings is 1. The Hall–Kier alpha value is -3.45. The Morgan fingerprint density at radius 2 is 1.67 bits per heavy atom. The van der Waals surface area contributed by atoms with Gasteiger partial charge in [-0.2, -0.15) is 0 Å². The fourth-order valence-electron chi connectivity index (χ4n) is 4.92. The SMILES string of the molecule is Cc1sc(-c2ccccc2)nc1CC(=O)N[C@H]1CC[C@@H](Nc2cc(N(C)C)c3ccccc3n2)CC1. The lowest BCUT2D eigenvalue weighted by molar-refractivity contribution is -0.121. The fourth-order valence-corrected chi connectivity index (χ4v) is 5.85. The Labute approximate surface area is 216 Å². The molecule has 36 heavy (non-hydrogen) atoms. The quantitative estimate of drug-likeness (QED) is 0.336. The molecule has 6 nitrogen and oxygen atoms in total. The van der Waals surface area contributed by atoms with Gasteiger partial charge in [0, 0.05) is 53.8 Å². The van der Waals surface area contributed by atoms with Gasteiger partial charge >= 0.3 is 0 Å². The van der Waals surface area contributed by atoms with E-state index >= 15 is 0 Å². The molecule has 4 aromatic rings. The second-order valence-corrected chi connectivity index (χ2v) is 11.0. The molecule has 0 aliphatic heterocycles. The summed E-state index contributed by atoms with van der Waals surface area (Å²) in [5.41, 5.74) is 4.14. The highest BCUT2D eigenvalue weighted by molar-refractivity contribution is 7.15. The highest BCUT2D eigenvalue weighted by atomic mass is 32.1. The van der Waals surface area contributed by atoms with Crippen LogP contribution in [0.5, 0.6) is 0 Å². The first-order valence-corrected chi connectivity index (χ1v) is 13.4. The van der Waals surface area contributed by atoms with Gasteiger partial charge in [0.15, 0.2) is 0 Å². The minimum atomic E-state index is 0.0613. The monoisotopic (exact) mass is 499 g/mol. The number of carbonyl (C=O) groups excluding carboxylic acids is 1. The van der Waals surface area contributed by atoms with Crippen LogP contribution >= 0.6 is 11.3 Å². The lowest BCUT2D eigenvalue weighted by Gasteiger charge is -2.30. The molecule has 0 saturated heterocycles. The Kier molecular flexibility index (Phi) is 7.18. The molecule has 1 amide bonds. The van der Waals surface area contributed by atoms with Crippen molar-refractivity contribution in [1.82, 2.24) is 15.3 Å². The number of nitrogens with one attached hydrogen (secondary N) is 2. The van der Waals surface area contributed by atoms with E-state index in [0.717, 1.165) is 69.2 Å². The Morgan fingerprint density at radius 1 is 0.972 bits per heavy atom. The van der Waals surface area contributed by atoms with Crippen molar-refractivity contribution in [3.63, 3.8) is 0 Å². The average Bonchev–Trinajstić information content (AvgIpc) is 3.25. The van der Waals surface area contributed by atoms with E-state index in [4.69, 9.17) is 9.97 Å². The molecule has 0 radical (unpaired) electrons. The van der Waals surface area contributed by atoms with Crippen LogP contribution in [0.15, 0.2) is 60.7 Å². The zero-order chi connectivity index (χ0) is 25.1. The predicted octanol–water partition coefficient (Wildman–Crippen LogP) is 5.81. The topological polar surface area (TPSA) is 70.2 Å². The van der Waals surface area contributed by atoms with E-state index in [-0.39, 0.29) is 11.9 Å². The minimum absolute atomic E-state index is 0.0613. The molecule has 7 heteroatoms. The van der Waals surface area contributed by atoms with Crippen molar-refractivity contribution >= 4 is 39.7 Å². The number of hydrogen-bond donors (Lipinski definition) is 2. The minimum Gasteiger partial charge on any atom is -0.377 e. The number of carbonyl (C=O) groups is 1. The standard InChI is InChI=1S/C29H33N5OS/c1-19-25(33-29(36-19)20-9-5-4-6-10-20)17-28(35)31-22-15-13-21(14-16-22)30-27-18-26(34(2)3)23-11-7-8-12-24(23)32-27/h4-12,18,21-22H,13-17H2,1-3H3,(H,30,32)(H,31,35)/t21-,22+. The van der Waals surface area contributed by atoms with Crippen molar-refractivity contribution in [2.45, 2.75) is 51.1 Å². The molecule has 1 aliphatic rings. The number of fused-ring (bicyclic) bond motifs is 1. The number of benzene rings is 2. The van der Waals surface area contributed by atoms with Crippen LogP contribution in [0, 0.1) is 6.92 Å². The Bertz CT molecular complexity index is 1340. The van der Waals surface area contributed by atoms with E-state index in [9.17, 15) is 4.79 Å². The number of para-hydroxylation sites is 1. The maximum Gasteiger partial charge on any atom is 0.226 e. The maximum absolute atomic E-state index is 12.8. The van der Waals surface area contributed by atoms with Gasteiger partial charge in [0.1, 0.15) is 10.8 Å². The van der Waals surface area contributed by atoms with Crippen molar-refractivity contribution < 1.29 is 4.79 Å². The van der Waals surface area contributed by atoms with Gasteiger partial charge in [-0.25, -0.2) is 9.97 Å². The lowest BCUT2D eigenvalue weighted by atomic mass is 9.91. The highest BCUT2D eigenvalue weighted by Gasteiger charge is 2.24. The van der Waals surface area contributed by atoms with Gasteiger partial charge in [-0.05, 0) is 38.7 Å². The number of amides is 1. The van der Waals surface area contributed by atoms with Gasteiger partial charge in [-0.3, -0.25) is 4.79 Å². The summed E-state index contributed by atoms with van der Waals surface area (Å²) in [6.45, 7) is 2.05. The third kappa shape index (κ3) is 5.51. The van der Waals surface area contributed by atoms with Crippen LogP contribution in [-0.2, 0) is 11.2 Å². The molecular weight excluding hydrogens is 466 g/mol. The summed E-state index contributed by atoms with van der Waals surface area (Å²) in [5, 5.41) is 9.03. The molecule has 186 valence electrons. The molecule has 2 aromatic carbocycles. The van der Waals surface area contributed by atoms with E-state index in [0.29, 0.717) is 12.5 Å². The number of thiazole rings is 1. The normalized spacial score (nSPS) is 17.6. The average molecular weight is 500 g/mol. The molecule has 0 bridgehead atoms. The van der Waals surface area contributed by atoms with E-state index < -0.39 is 0 Å². The van der Waals surface area contributed by atoms with Crippen LogP contribution in [-0.4, -0.2) is 42.1 Å². The molecular formula is C29H33N5OS. The number of hydrogen-bond acceptors (Lipinski definition) is 6. The number of aromatic nitrogens is 2. The van der Waals surface area contributed by atoms with E-state index in [1.54, 1.807) is 11.3 Å². The van der Waals surface area contributed by atoms with E-state index in [2.05, 4.69) is 66.0 Å². The summed E-state index contributed by atoms with van der Waals surface area (Å²) < 4.78 is 0. The van der Waals surface area contributed by atoms with Gasteiger partial charge in [0.25, 0.3) is 0 Å². The van der Waals surface area contributed by atoms with Crippen LogP contribution in [0.4, 0.5) is 11.5 Å². The molecule has 5 rings (SSSR count). The summed E-state index contributed by atoms with van der Waals surface area (Å²) in [7, 11) is 4.13. The third-order valence-corrected chi connectivity index (χ3v) is 7.92. The second kappa shape index (κ2) is 10.7. The molecule has 1 saturated carbocycles. The molecule has 0 atom stereocenters. The maximum atomic E-state index is 12.8. The fraction of sp³-hybridized carbons (Fsp3) is 0.345. The van der Waals surface area contributed by atoms with Crippen molar-refractivity contribution in [1.29, 1.82) is 0 Å². The van der Waals surface area contributed by atoms with Crippen LogP contribution in [0.25, 0.3) is 21.5 Å². The van der Waals surface area contributed by atoms with Crippen LogP contribution in [0.3, 0.4) is 0 Å². The van der Waals surface area contributed by atoms with Crippen LogP contribution < -0.4 is 15.5 Å². The number of anilines is 2. The van der Waals surface area contributed by atoms with Crippen molar-refractivity contribution in [2.75, 3.05) is 24.3 Å². The van der Waals surface area contributed by atoms with Gasteiger partial charge in [-0.1, -0.05) is 48.5 Å². The molecule has 2 N–H and O–H groups in total. The first-order chi connectivity index (χ1) is 17.5. The number of rotatable bonds is 7. The number of nitrogens with zero attached hydrogens (tertiary/aromatic N) is 3. The molecule has 2 heterocycles. The first kappa shape index (κ1) is 24.3. The van der Waals surface area contributed by atoms with Crippen LogP contribution in [0.2, 0.25) is 0 Å². The lowest BCUT2D eigenvalue weighted by Crippen LogP contribution is -2.40. The molecule has 2 aromatic heterocycles. The van der Waals surface area contributed by atoms with Gasteiger partial charge in [0.2, 0.25) is 5.91 Å². The molecule has 0 spiro atoms. The van der Waals surface area contributed by atoms with E-state index in [1.807, 2.05) is 31.2 Å². The summed E-state index contributed by atoms with van der Waals surface area (Å²) in [6.07, 6.45) is 4.27. The Balaban J connectivity index is 1.15. The van der Waals surface area contributed by atoms with Crippen molar-refractivity contribution in [2.24, 2.45) is 0 Å². The summed E-state index contributed by atoms with van der Waals surface area (Å²) in [4.78, 5) is 25.6. The Morgan fingerprint density at radius 3 is 2.42 bits per heavy atom. The summed E-state index contributed by atoms with van der Waals surface area (Å²) >= 11 is 1.65. The molecule has 1 fully saturated rings. The zero-order valence-electron chi connectivity index (χ0n) is 21.1. The number of aryl methyl sites for hydroxylation is 1. The van der Waals surface area contributed by atoms with Gasteiger partial charge in [-0.15, -0.1) is 11.3 Å². The largest absolute Gasteiger partial charge is 0.377 e. The van der Waals surface area contributed by atoms with Gasteiger partial charge < -0.3 is 15.5 Å². The third-order valence-electron chi connectivity index (χ3n) is 6.86. The zero-order valence-corrected chi connectivity index (χ0v) is 21.9. The smallest absolute Gasteiger partial charge is 0.226 e. The summed E-state index contributed by atoms with van der Waals surface area (Å²) in [5.74, 6) is 0.976. The van der Waals surface area contributed by atoms with Crippen LogP contribution in [0.1, 0.15) is 36.3 Å². The van der Waals surface area contributed by atoms with Crippen molar-refractivity contribution in [3.8, 4) is 10.6 Å². The highest BCUT2D eigenvalue weighted by Crippen LogP contribution is 2.30. The second-order valence-electron chi connectivity index (χ2n) is 9.76. The molecule has 0 unspecified atom stereocenters.